The van der Waals surface area contributed by atoms with Crippen LogP contribution >= 0.6 is 0 Å². The summed E-state index contributed by atoms with van der Waals surface area (Å²) in [5.74, 6) is 0. The van der Waals surface area contributed by atoms with E-state index in [1.165, 1.54) is 0 Å². The van der Waals surface area contributed by atoms with Crippen LogP contribution in [-0.2, 0) is 4.79 Å². The van der Waals surface area contributed by atoms with Gasteiger partial charge in [0.25, 0.3) is 6.01 Å². The van der Waals surface area contributed by atoms with Crippen LogP contribution in [0.15, 0.2) is 28.7 Å². The molecule has 0 bridgehead atoms. The molecule has 0 aliphatic carbocycles. The number of para-hydroxylation sites is 2. The number of fused-ring (bicyclic) bond motifs is 1. The van der Waals surface area contributed by atoms with Crippen molar-refractivity contribution in [3.63, 3.8) is 0 Å². The second-order valence-electron chi connectivity index (χ2n) is 4.75. The van der Waals surface area contributed by atoms with Crippen LogP contribution in [0.25, 0.3) is 11.1 Å². The summed E-state index contributed by atoms with van der Waals surface area (Å²) in [5, 5.41) is 0. The first-order valence-corrected chi connectivity index (χ1v) is 6.63. The van der Waals surface area contributed by atoms with E-state index in [-0.39, 0.29) is 0 Å². The fourth-order valence-electron chi connectivity index (χ4n) is 2.39. The van der Waals surface area contributed by atoms with E-state index in [1.54, 1.807) is 0 Å². The lowest BCUT2D eigenvalue weighted by atomic mass is 10.3. The van der Waals surface area contributed by atoms with Gasteiger partial charge in [-0.05, 0) is 12.1 Å². The maximum atomic E-state index is 10.4. The first kappa shape index (κ1) is 12.2. The molecule has 0 radical (unpaired) electrons. The molecule has 5 heteroatoms. The van der Waals surface area contributed by atoms with Crippen LogP contribution in [0.5, 0.6) is 0 Å². The van der Waals surface area contributed by atoms with Crippen molar-refractivity contribution < 1.29 is 9.21 Å². The minimum Gasteiger partial charge on any atom is -0.423 e. The SMILES string of the molecule is O=CCCN1CCN(c2nc3ccccc3o2)CC1. The Morgan fingerprint density at radius 2 is 2.00 bits per heavy atom. The predicted molar refractivity (Wildman–Crippen MR) is 73.3 cm³/mol. The number of benzene rings is 1. The van der Waals surface area contributed by atoms with Gasteiger partial charge in [-0.1, -0.05) is 12.1 Å². The van der Waals surface area contributed by atoms with E-state index in [2.05, 4.69) is 14.8 Å². The molecule has 0 amide bonds. The lowest BCUT2D eigenvalue weighted by Gasteiger charge is -2.33. The van der Waals surface area contributed by atoms with Crippen molar-refractivity contribution in [3.05, 3.63) is 24.3 Å². The van der Waals surface area contributed by atoms with Crippen molar-refractivity contribution >= 4 is 23.4 Å². The van der Waals surface area contributed by atoms with E-state index in [1.807, 2.05) is 24.3 Å². The molecule has 0 N–H and O–H groups in total. The molecule has 1 aromatic carbocycles. The molecule has 1 saturated heterocycles. The van der Waals surface area contributed by atoms with Crippen LogP contribution in [0, 0.1) is 0 Å². The Morgan fingerprint density at radius 3 is 2.74 bits per heavy atom. The largest absolute Gasteiger partial charge is 0.423 e. The predicted octanol–water partition coefficient (Wildman–Crippen LogP) is 1.54. The number of carbonyl (C=O) groups is 1. The van der Waals surface area contributed by atoms with E-state index in [0.29, 0.717) is 12.4 Å². The number of nitrogens with zero attached hydrogens (tertiary/aromatic N) is 3. The number of rotatable bonds is 4. The first-order chi connectivity index (χ1) is 9.36. The van der Waals surface area contributed by atoms with Crippen molar-refractivity contribution in [2.75, 3.05) is 37.6 Å². The van der Waals surface area contributed by atoms with Gasteiger partial charge in [-0.15, -0.1) is 0 Å². The van der Waals surface area contributed by atoms with E-state index in [4.69, 9.17) is 4.42 Å². The molecule has 2 heterocycles. The highest BCUT2D eigenvalue weighted by Gasteiger charge is 2.20. The van der Waals surface area contributed by atoms with E-state index < -0.39 is 0 Å². The van der Waals surface area contributed by atoms with Crippen LogP contribution in [-0.4, -0.2) is 48.9 Å². The summed E-state index contributed by atoms with van der Waals surface area (Å²) < 4.78 is 5.76. The molecule has 1 fully saturated rings. The third-order valence-corrected chi connectivity index (χ3v) is 3.49. The van der Waals surface area contributed by atoms with E-state index in [0.717, 1.165) is 50.1 Å². The van der Waals surface area contributed by atoms with Gasteiger partial charge in [-0.3, -0.25) is 4.90 Å². The smallest absolute Gasteiger partial charge is 0.298 e. The molecule has 1 aliphatic rings. The molecule has 0 saturated carbocycles. The number of oxazole rings is 1. The average molecular weight is 259 g/mol. The average Bonchev–Trinajstić information content (AvgIpc) is 2.89. The number of piperazine rings is 1. The molecule has 100 valence electrons. The fraction of sp³-hybridized carbons (Fsp3) is 0.429. The van der Waals surface area contributed by atoms with Crippen molar-refractivity contribution in [2.24, 2.45) is 0 Å². The van der Waals surface area contributed by atoms with Crippen LogP contribution < -0.4 is 4.90 Å². The van der Waals surface area contributed by atoms with Gasteiger partial charge in [-0.2, -0.15) is 4.98 Å². The summed E-state index contributed by atoms with van der Waals surface area (Å²) in [7, 11) is 0. The third kappa shape index (κ3) is 2.61. The highest BCUT2D eigenvalue weighted by molar-refractivity contribution is 5.74. The maximum Gasteiger partial charge on any atom is 0.298 e. The molecule has 3 rings (SSSR count). The fourth-order valence-corrected chi connectivity index (χ4v) is 2.39. The standard InChI is InChI=1S/C14H17N3O2/c18-11-3-6-16-7-9-17(10-8-16)14-15-12-4-1-2-5-13(12)19-14/h1-2,4-5,11H,3,6-10H2. The van der Waals surface area contributed by atoms with Crippen LogP contribution in [0.1, 0.15) is 6.42 Å². The molecule has 5 nitrogen and oxygen atoms in total. The summed E-state index contributed by atoms with van der Waals surface area (Å²) in [6, 6.07) is 8.52. The van der Waals surface area contributed by atoms with Gasteiger partial charge in [0, 0.05) is 39.1 Å². The Bertz CT molecular complexity index is 526. The summed E-state index contributed by atoms with van der Waals surface area (Å²) in [6.45, 7) is 4.54. The number of hydrogen-bond donors (Lipinski definition) is 0. The van der Waals surface area contributed by atoms with Crippen molar-refractivity contribution in [1.29, 1.82) is 0 Å². The highest BCUT2D eigenvalue weighted by Crippen LogP contribution is 2.22. The quantitative estimate of drug-likeness (QED) is 0.779. The zero-order valence-electron chi connectivity index (χ0n) is 10.8. The van der Waals surface area contributed by atoms with Gasteiger partial charge in [-0.25, -0.2) is 0 Å². The number of hydrogen-bond acceptors (Lipinski definition) is 5. The number of carbonyl (C=O) groups excluding carboxylic acids is 1. The normalized spacial score (nSPS) is 16.9. The Hall–Kier alpha value is -1.88. The highest BCUT2D eigenvalue weighted by atomic mass is 16.4. The molecule has 0 unspecified atom stereocenters. The molecule has 19 heavy (non-hydrogen) atoms. The minimum absolute atomic E-state index is 0.614. The summed E-state index contributed by atoms with van der Waals surface area (Å²) >= 11 is 0. The summed E-state index contributed by atoms with van der Waals surface area (Å²) in [5.41, 5.74) is 1.74. The Balaban J connectivity index is 1.66. The Morgan fingerprint density at radius 1 is 1.21 bits per heavy atom. The van der Waals surface area contributed by atoms with Crippen LogP contribution in [0.2, 0.25) is 0 Å². The lowest BCUT2D eigenvalue weighted by molar-refractivity contribution is -0.108. The molecule has 1 aromatic heterocycles. The molecule has 0 spiro atoms. The molecule has 2 aromatic rings. The van der Waals surface area contributed by atoms with Crippen molar-refractivity contribution in [1.82, 2.24) is 9.88 Å². The number of anilines is 1. The molecular formula is C14H17N3O2. The minimum atomic E-state index is 0.614. The van der Waals surface area contributed by atoms with Gasteiger partial charge >= 0.3 is 0 Å². The van der Waals surface area contributed by atoms with Gasteiger partial charge in [0.15, 0.2) is 5.58 Å². The van der Waals surface area contributed by atoms with Gasteiger partial charge in [0.1, 0.15) is 11.8 Å². The number of aldehydes is 1. The summed E-state index contributed by atoms with van der Waals surface area (Å²) in [6.07, 6.45) is 1.59. The molecule has 0 atom stereocenters. The van der Waals surface area contributed by atoms with Crippen molar-refractivity contribution in [3.8, 4) is 0 Å². The van der Waals surface area contributed by atoms with Gasteiger partial charge in [0.05, 0.1) is 0 Å². The van der Waals surface area contributed by atoms with E-state index >= 15 is 0 Å². The molecular weight excluding hydrogens is 242 g/mol. The molecule has 1 aliphatic heterocycles. The third-order valence-electron chi connectivity index (χ3n) is 3.49. The lowest BCUT2D eigenvalue weighted by Crippen LogP contribution is -2.46. The van der Waals surface area contributed by atoms with Crippen molar-refractivity contribution in [2.45, 2.75) is 6.42 Å². The Labute approximate surface area is 111 Å². The second-order valence-corrected chi connectivity index (χ2v) is 4.75. The maximum absolute atomic E-state index is 10.4. The van der Waals surface area contributed by atoms with Gasteiger partial charge in [0.2, 0.25) is 0 Å². The zero-order valence-corrected chi connectivity index (χ0v) is 10.8. The van der Waals surface area contributed by atoms with Crippen LogP contribution in [0.4, 0.5) is 6.01 Å². The zero-order chi connectivity index (χ0) is 13.1. The van der Waals surface area contributed by atoms with Gasteiger partial charge < -0.3 is 14.1 Å². The first-order valence-electron chi connectivity index (χ1n) is 6.63. The number of aromatic nitrogens is 1. The Kier molecular flexibility index (Phi) is 3.46. The topological polar surface area (TPSA) is 49.6 Å². The van der Waals surface area contributed by atoms with E-state index in [9.17, 15) is 4.79 Å². The second kappa shape index (κ2) is 5.40. The summed E-state index contributed by atoms with van der Waals surface area (Å²) in [4.78, 5) is 19.3. The monoisotopic (exact) mass is 259 g/mol. The van der Waals surface area contributed by atoms with Crippen LogP contribution in [0.3, 0.4) is 0 Å².